The summed E-state index contributed by atoms with van der Waals surface area (Å²) in [5, 5.41) is 3.42. The minimum absolute atomic E-state index is 0.0898. The summed E-state index contributed by atoms with van der Waals surface area (Å²) < 4.78 is 5.14. The summed E-state index contributed by atoms with van der Waals surface area (Å²) in [6.45, 7) is 12.3. The Kier molecular flexibility index (Phi) is 4.25. The summed E-state index contributed by atoms with van der Waals surface area (Å²) in [6.07, 6.45) is 0. The van der Waals surface area contributed by atoms with Crippen molar-refractivity contribution in [2.24, 2.45) is 5.41 Å². The number of carbonyl (C=O) groups is 1. The topological polar surface area (TPSA) is 44.8 Å². The van der Waals surface area contributed by atoms with E-state index >= 15 is 0 Å². The van der Waals surface area contributed by atoms with E-state index in [2.05, 4.69) is 15.1 Å². The first-order valence-corrected chi connectivity index (χ1v) is 6.87. The summed E-state index contributed by atoms with van der Waals surface area (Å²) >= 11 is 0. The Balaban J connectivity index is 1.88. The van der Waals surface area contributed by atoms with Crippen molar-refractivity contribution in [3.05, 3.63) is 0 Å². The third-order valence-electron chi connectivity index (χ3n) is 3.77. The van der Waals surface area contributed by atoms with Crippen molar-refractivity contribution in [2.75, 3.05) is 46.0 Å². The van der Waals surface area contributed by atoms with Gasteiger partial charge in [-0.25, -0.2) is 0 Å². The molecule has 2 fully saturated rings. The van der Waals surface area contributed by atoms with Crippen molar-refractivity contribution in [2.45, 2.75) is 26.8 Å². The van der Waals surface area contributed by atoms with Crippen LogP contribution in [-0.2, 0) is 9.53 Å². The quantitative estimate of drug-likeness (QED) is 0.723. The standard InChI is InChI=1S/C13H25N3O2/c1-4-18-12(17)13(2,3)9-15-8-11-7-14-5-6-16(11)10-15/h11,14H,4-10H2,1-3H3. The molecule has 2 saturated heterocycles. The molecule has 1 atom stereocenters. The number of hydrogen-bond acceptors (Lipinski definition) is 5. The van der Waals surface area contributed by atoms with Crippen molar-refractivity contribution in [1.82, 2.24) is 15.1 Å². The molecule has 0 aromatic carbocycles. The Bertz CT molecular complexity index is 293. The van der Waals surface area contributed by atoms with Crippen LogP contribution in [0.25, 0.3) is 0 Å². The van der Waals surface area contributed by atoms with Crippen LogP contribution >= 0.6 is 0 Å². The van der Waals surface area contributed by atoms with Gasteiger partial charge in [0, 0.05) is 38.8 Å². The van der Waals surface area contributed by atoms with Gasteiger partial charge in [-0.05, 0) is 20.8 Å². The monoisotopic (exact) mass is 255 g/mol. The van der Waals surface area contributed by atoms with Gasteiger partial charge in [-0.2, -0.15) is 0 Å². The molecule has 0 spiro atoms. The van der Waals surface area contributed by atoms with Crippen LogP contribution in [0.2, 0.25) is 0 Å². The van der Waals surface area contributed by atoms with Gasteiger partial charge < -0.3 is 10.1 Å². The SMILES string of the molecule is CCOC(=O)C(C)(C)CN1CC2CNCCN2C1. The maximum atomic E-state index is 11.9. The largest absolute Gasteiger partial charge is 0.466 e. The Labute approximate surface area is 109 Å². The molecule has 0 bridgehead atoms. The molecule has 5 heteroatoms. The highest BCUT2D eigenvalue weighted by atomic mass is 16.5. The summed E-state index contributed by atoms with van der Waals surface area (Å²) in [4.78, 5) is 16.8. The van der Waals surface area contributed by atoms with Gasteiger partial charge in [-0.1, -0.05) is 0 Å². The van der Waals surface area contributed by atoms with Crippen molar-refractivity contribution in [3.8, 4) is 0 Å². The summed E-state index contributed by atoms with van der Waals surface area (Å²) in [7, 11) is 0. The van der Waals surface area contributed by atoms with E-state index in [0.29, 0.717) is 12.6 Å². The number of hydrogen-bond donors (Lipinski definition) is 1. The van der Waals surface area contributed by atoms with Crippen LogP contribution in [0.15, 0.2) is 0 Å². The second-order valence-corrected chi connectivity index (χ2v) is 5.93. The first-order valence-electron chi connectivity index (χ1n) is 6.87. The Morgan fingerprint density at radius 3 is 2.94 bits per heavy atom. The summed E-state index contributed by atoms with van der Waals surface area (Å²) in [5.41, 5.74) is -0.419. The lowest BCUT2D eigenvalue weighted by atomic mass is 9.93. The molecular formula is C13H25N3O2. The Morgan fingerprint density at radius 1 is 1.50 bits per heavy atom. The van der Waals surface area contributed by atoms with E-state index in [1.54, 1.807) is 0 Å². The van der Waals surface area contributed by atoms with Crippen molar-refractivity contribution in [3.63, 3.8) is 0 Å². The Hall–Kier alpha value is -0.650. The van der Waals surface area contributed by atoms with Crippen molar-refractivity contribution < 1.29 is 9.53 Å². The van der Waals surface area contributed by atoms with E-state index in [9.17, 15) is 4.79 Å². The minimum atomic E-state index is -0.419. The molecule has 0 radical (unpaired) electrons. The number of nitrogens with one attached hydrogen (secondary N) is 1. The number of rotatable bonds is 4. The van der Waals surface area contributed by atoms with E-state index < -0.39 is 5.41 Å². The fourth-order valence-electron chi connectivity index (χ4n) is 2.85. The van der Waals surface area contributed by atoms with Crippen molar-refractivity contribution in [1.29, 1.82) is 0 Å². The summed E-state index contributed by atoms with van der Waals surface area (Å²) in [5.74, 6) is -0.0898. The molecule has 0 aromatic heterocycles. The normalized spacial score (nSPS) is 26.1. The zero-order chi connectivity index (χ0) is 13.2. The zero-order valence-electron chi connectivity index (χ0n) is 11.7. The van der Waals surface area contributed by atoms with Gasteiger partial charge in [0.15, 0.2) is 0 Å². The molecule has 0 amide bonds. The number of nitrogens with zero attached hydrogens (tertiary/aromatic N) is 2. The van der Waals surface area contributed by atoms with E-state index in [0.717, 1.165) is 39.4 Å². The molecule has 1 N–H and O–H groups in total. The predicted molar refractivity (Wildman–Crippen MR) is 70.2 cm³/mol. The van der Waals surface area contributed by atoms with Gasteiger partial charge in [0.05, 0.1) is 18.7 Å². The first kappa shape index (κ1) is 13.8. The molecule has 104 valence electrons. The number of esters is 1. The van der Waals surface area contributed by atoms with Crippen LogP contribution < -0.4 is 5.32 Å². The lowest BCUT2D eigenvalue weighted by Gasteiger charge is -2.29. The molecule has 0 saturated carbocycles. The number of piperazine rings is 1. The highest BCUT2D eigenvalue weighted by molar-refractivity contribution is 5.76. The molecule has 2 aliphatic heterocycles. The van der Waals surface area contributed by atoms with Gasteiger partial charge in [-0.3, -0.25) is 14.6 Å². The van der Waals surface area contributed by atoms with E-state index in [1.807, 2.05) is 20.8 Å². The van der Waals surface area contributed by atoms with E-state index in [1.165, 1.54) is 0 Å². The fourth-order valence-corrected chi connectivity index (χ4v) is 2.85. The molecule has 18 heavy (non-hydrogen) atoms. The molecule has 0 aliphatic carbocycles. The molecular weight excluding hydrogens is 230 g/mol. The first-order chi connectivity index (χ1) is 8.53. The molecule has 1 unspecified atom stereocenters. The summed E-state index contributed by atoms with van der Waals surface area (Å²) in [6, 6.07) is 0.608. The third kappa shape index (κ3) is 3.02. The van der Waals surface area contributed by atoms with Crippen molar-refractivity contribution >= 4 is 5.97 Å². The van der Waals surface area contributed by atoms with Gasteiger partial charge in [0.25, 0.3) is 0 Å². The third-order valence-corrected chi connectivity index (χ3v) is 3.77. The van der Waals surface area contributed by atoms with Crippen LogP contribution in [0.3, 0.4) is 0 Å². The van der Waals surface area contributed by atoms with E-state index in [-0.39, 0.29) is 5.97 Å². The lowest BCUT2D eigenvalue weighted by molar-refractivity contribution is -0.154. The average Bonchev–Trinajstić information content (AvgIpc) is 2.70. The van der Waals surface area contributed by atoms with Crippen LogP contribution in [-0.4, -0.2) is 67.8 Å². The van der Waals surface area contributed by atoms with Crippen LogP contribution in [0.1, 0.15) is 20.8 Å². The lowest BCUT2D eigenvalue weighted by Crippen LogP contribution is -2.48. The van der Waals surface area contributed by atoms with Gasteiger partial charge in [0.2, 0.25) is 0 Å². The van der Waals surface area contributed by atoms with Crippen LogP contribution in [0.5, 0.6) is 0 Å². The van der Waals surface area contributed by atoms with Crippen LogP contribution in [0.4, 0.5) is 0 Å². The Morgan fingerprint density at radius 2 is 2.28 bits per heavy atom. The minimum Gasteiger partial charge on any atom is -0.466 e. The molecule has 2 heterocycles. The highest BCUT2D eigenvalue weighted by Gasteiger charge is 2.37. The predicted octanol–water partition coefficient (Wildman–Crippen LogP) is 0.123. The fraction of sp³-hybridized carbons (Fsp3) is 0.923. The number of carbonyl (C=O) groups excluding carboxylic acids is 1. The maximum Gasteiger partial charge on any atom is 0.312 e. The highest BCUT2D eigenvalue weighted by Crippen LogP contribution is 2.23. The van der Waals surface area contributed by atoms with Crippen LogP contribution in [0, 0.1) is 5.41 Å². The van der Waals surface area contributed by atoms with E-state index in [4.69, 9.17) is 4.74 Å². The molecule has 5 nitrogen and oxygen atoms in total. The second-order valence-electron chi connectivity index (χ2n) is 5.93. The number of fused-ring (bicyclic) bond motifs is 1. The molecule has 2 rings (SSSR count). The maximum absolute atomic E-state index is 11.9. The molecule has 0 aromatic rings. The average molecular weight is 255 g/mol. The smallest absolute Gasteiger partial charge is 0.312 e. The second kappa shape index (κ2) is 5.55. The number of ether oxygens (including phenoxy) is 1. The van der Waals surface area contributed by atoms with Gasteiger partial charge in [-0.15, -0.1) is 0 Å². The van der Waals surface area contributed by atoms with Gasteiger partial charge in [0.1, 0.15) is 0 Å². The zero-order valence-corrected chi connectivity index (χ0v) is 11.7. The molecule has 2 aliphatic rings. The van der Waals surface area contributed by atoms with Gasteiger partial charge >= 0.3 is 5.97 Å².